The third-order valence-corrected chi connectivity index (χ3v) is 9.31. The number of nitrogens with two attached hydrogens (primary N) is 1. The number of aromatic nitrogens is 12. The van der Waals surface area contributed by atoms with E-state index in [0.717, 1.165) is 56.7 Å². The summed E-state index contributed by atoms with van der Waals surface area (Å²) >= 11 is 0. The van der Waals surface area contributed by atoms with Gasteiger partial charge in [0.2, 0.25) is 11.8 Å². The average molecular weight is 1120 g/mol. The normalized spacial score (nSPS) is 12.5. The second-order valence-electron chi connectivity index (χ2n) is 15.3. The Balaban J connectivity index is 0.000000213. The monoisotopic (exact) mass is 1120 g/mol. The number of hydrogen-bond donors (Lipinski definition) is 6. The van der Waals surface area contributed by atoms with Crippen molar-refractivity contribution in [1.82, 2.24) is 61.2 Å². The van der Waals surface area contributed by atoms with Crippen molar-refractivity contribution in [2.24, 2.45) is 0 Å². The van der Waals surface area contributed by atoms with Crippen LogP contribution in [-0.2, 0) is 62.2 Å². The maximum Gasteiger partial charge on any atom is 1.00 e. The second-order valence-corrected chi connectivity index (χ2v) is 15.3. The van der Waals surface area contributed by atoms with Crippen molar-refractivity contribution < 1.29 is 107 Å². The first-order valence-corrected chi connectivity index (χ1v) is 22.2. The Morgan fingerprint density at radius 1 is 0.580 bits per heavy atom. The minimum atomic E-state index is -1.17. The van der Waals surface area contributed by atoms with Gasteiger partial charge in [0.15, 0.2) is 0 Å². The van der Waals surface area contributed by atoms with Crippen LogP contribution in [0.3, 0.4) is 0 Å². The largest absolute Gasteiger partial charge is 1.00 e. The van der Waals surface area contributed by atoms with Gasteiger partial charge in [-0.2, -0.15) is 50.9 Å². The molecule has 3 aliphatic rings. The number of anilines is 4. The summed E-state index contributed by atoms with van der Waals surface area (Å²) in [5.74, 6) is -6.80. The summed E-state index contributed by atoms with van der Waals surface area (Å²) in [4.78, 5) is 129. The molecule has 3 aliphatic heterocycles. The number of carboxylic acids is 2. The molecule has 4 aromatic carbocycles. The van der Waals surface area contributed by atoms with E-state index in [4.69, 9.17) is 20.7 Å². The molecule has 8 aromatic rings. The van der Waals surface area contributed by atoms with E-state index in [-0.39, 0.29) is 47.3 Å². The van der Waals surface area contributed by atoms with Crippen LogP contribution in [0.4, 0.5) is 22.7 Å². The summed E-state index contributed by atoms with van der Waals surface area (Å²) < 4.78 is 9.10. The standard InChI is InChI=1S/C12H8N4O3.C10H8N4O3.C10H6N4O2.C6H6N4.C4H2O3.C4H6O3.C2H4O2.Na/c1-7(17)16-10-3-2-8(6-9(10)13-14-16)15-11(18)4-5-12(15)19;15-9(3-4-10(16)17)11-6-1-2-7-8(5-6)13-14-12-7;15-9-3-4-10(16)14(9)6-1-2-7-8(5-6)12-13-11-7;7-4-1-2-5-6(3-4)9-10-8-5;5-3-1-2-4(6)7-3;1-3(5)7-4(2)6;1-2(3)4;/h2-6H,1H3;1-5H,(H,11,15)(H,16,17)(H,12,13,14);1-5H,(H,11,12,13);1-3H,7H2,(H,8,9,10);1-2H;1-2H3;1H3,(H,3,4);/q;;;;;;;+1/p-1/b;4-3+;;;;;;. The van der Waals surface area contributed by atoms with E-state index >= 15 is 0 Å². The van der Waals surface area contributed by atoms with Crippen LogP contribution >= 0.6 is 0 Å². The number of nitrogens with one attached hydrogen (secondary N) is 4. The molecule has 0 saturated heterocycles. The van der Waals surface area contributed by atoms with Gasteiger partial charge in [0.05, 0.1) is 16.9 Å². The molecule has 32 nitrogen and oxygen atoms in total. The fourth-order valence-electron chi connectivity index (χ4n) is 6.17. The topological polar surface area (TPSA) is 467 Å². The van der Waals surface area contributed by atoms with Gasteiger partial charge >= 0.3 is 59.4 Å². The van der Waals surface area contributed by atoms with E-state index < -0.39 is 53.5 Å². The summed E-state index contributed by atoms with van der Waals surface area (Å²) in [6.45, 7) is 4.71. The minimum absolute atomic E-state index is 0. The van der Waals surface area contributed by atoms with Gasteiger partial charge in [0, 0.05) is 86.7 Å². The molecule has 4 aromatic heterocycles. The van der Waals surface area contributed by atoms with E-state index in [1.807, 2.05) is 6.07 Å². The van der Waals surface area contributed by atoms with Gasteiger partial charge < -0.3 is 35.5 Å². The van der Waals surface area contributed by atoms with Gasteiger partial charge in [-0.3, -0.25) is 38.4 Å². The fraction of sp³-hybridized carbons (Fsp3) is 0.0833. The van der Waals surface area contributed by atoms with Crippen molar-refractivity contribution in [3.05, 3.63) is 121 Å². The Hall–Kier alpha value is -11.1. The number of cyclic esters (lactones) is 2. The van der Waals surface area contributed by atoms with Crippen LogP contribution in [0.2, 0.25) is 0 Å². The molecule has 7 N–H and O–H groups in total. The van der Waals surface area contributed by atoms with Crippen molar-refractivity contribution in [2.45, 2.75) is 27.7 Å². The first-order valence-electron chi connectivity index (χ1n) is 22.2. The van der Waals surface area contributed by atoms with Crippen molar-refractivity contribution in [3.63, 3.8) is 0 Å². The third-order valence-electron chi connectivity index (χ3n) is 9.31. The number of benzene rings is 4. The van der Waals surface area contributed by atoms with Crippen molar-refractivity contribution in [1.29, 1.82) is 0 Å². The van der Waals surface area contributed by atoms with Crippen LogP contribution < -0.4 is 55.5 Å². The number of esters is 4. The number of ether oxygens (including phenoxy) is 2. The molecule has 0 atom stereocenters. The molecule has 7 heterocycles. The molecular formula is C48H39N16NaO16. The van der Waals surface area contributed by atoms with Crippen LogP contribution in [0.1, 0.15) is 32.5 Å². The van der Waals surface area contributed by atoms with Crippen molar-refractivity contribution in [3.8, 4) is 0 Å². The Labute approximate surface area is 473 Å². The molecule has 0 aliphatic carbocycles. The number of carbonyl (C=O) groups is 12. The zero-order valence-electron chi connectivity index (χ0n) is 42.6. The Kier molecular flexibility index (Phi) is 22.7. The van der Waals surface area contributed by atoms with Crippen molar-refractivity contribution >= 4 is 138 Å². The molecule has 0 spiro atoms. The summed E-state index contributed by atoms with van der Waals surface area (Å²) in [7, 11) is 0. The zero-order chi connectivity index (χ0) is 58.6. The number of fused-ring (bicyclic) bond motifs is 4. The number of carbonyl (C=O) groups excluding carboxylic acids is 11. The summed E-state index contributed by atoms with van der Waals surface area (Å²) in [5.41, 5.74) is 12.9. The number of rotatable bonds is 5. The van der Waals surface area contributed by atoms with E-state index in [9.17, 15) is 52.7 Å². The summed E-state index contributed by atoms with van der Waals surface area (Å²) in [6.07, 6.45) is 8.78. The molecule has 0 unspecified atom stereocenters. The van der Waals surface area contributed by atoms with Crippen LogP contribution in [-0.4, -0.2) is 138 Å². The van der Waals surface area contributed by atoms with Crippen LogP contribution in [0.15, 0.2) is 121 Å². The number of amides is 5. The third kappa shape index (κ3) is 18.8. The number of nitrogens with zero attached hydrogens (tertiary/aromatic N) is 11. The zero-order valence-corrected chi connectivity index (χ0v) is 44.6. The average Bonchev–Trinajstić information content (AvgIpc) is 4.33. The number of nitrogen functional groups attached to an aromatic ring is 1. The van der Waals surface area contributed by atoms with E-state index in [1.54, 1.807) is 66.7 Å². The molecule has 5 amide bonds. The van der Waals surface area contributed by atoms with Gasteiger partial charge in [0.25, 0.3) is 23.6 Å². The molecule has 0 radical (unpaired) electrons. The molecular weight excluding hydrogens is 1080 g/mol. The van der Waals surface area contributed by atoms with E-state index in [2.05, 4.69) is 71.3 Å². The summed E-state index contributed by atoms with van der Waals surface area (Å²) in [6, 6.07) is 20.1. The molecule has 33 heteroatoms. The van der Waals surface area contributed by atoms with E-state index in [0.29, 0.717) is 55.8 Å². The predicted octanol–water partition coefficient (Wildman–Crippen LogP) is -2.53. The second kappa shape index (κ2) is 29.4. The number of aliphatic carboxylic acids is 2. The first-order chi connectivity index (χ1) is 38.0. The molecule has 0 saturated carbocycles. The molecule has 11 rings (SSSR count). The van der Waals surface area contributed by atoms with E-state index in [1.165, 1.54) is 45.1 Å². The van der Waals surface area contributed by atoms with Crippen LogP contribution in [0.5, 0.6) is 0 Å². The number of H-pyrrole nitrogens is 3. The number of imide groups is 2. The number of hydrogen-bond acceptors (Lipinski definition) is 24. The Morgan fingerprint density at radius 2 is 1.00 bits per heavy atom. The molecule has 0 bridgehead atoms. The molecule has 408 valence electrons. The first kappa shape index (κ1) is 62.4. The minimum Gasteiger partial charge on any atom is -0.550 e. The molecule has 81 heavy (non-hydrogen) atoms. The number of carboxylic acid groups (broad SMARTS) is 2. The Morgan fingerprint density at radius 3 is 1.43 bits per heavy atom. The quantitative estimate of drug-likeness (QED) is 0.0258. The van der Waals surface area contributed by atoms with Gasteiger partial charge in [-0.1, -0.05) is 5.21 Å². The molecule has 0 fully saturated rings. The van der Waals surface area contributed by atoms with Gasteiger partial charge in [0.1, 0.15) is 38.6 Å². The van der Waals surface area contributed by atoms with Gasteiger partial charge in [-0.05, 0) is 79.7 Å². The summed E-state index contributed by atoms with van der Waals surface area (Å²) in [5, 5.41) is 58.0. The number of aromatic amines is 3. The smallest absolute Gasteiger partial charge is 0.550 e. The SMILES string of the molecule is CC(=O)OC(C)=O.CC(=O)[O-].CC(=O)n1nnc2cc(N3C(=O)C=CC3=O)ccc21.Nc1ccc2n[nH]nc2c1.O=C(O)/C=C/C(=O)Nc1ccc2n[nH]nc2c1.O=C1C=CC(=O)N1c1ccc2n[nH]nc2c1.O=C1C=CC(=O)O1.[Na+]. The maximum atomic E-state index is 11.6. The predicted molar refractivity (Wildman–Crippen MR) is 272 cm³/mol. The van der Waals surface area contributed by atoms with Crippen molar-refractivity contribution in [2.75, 3.05) is 20.9 Å². The van der Waals surface area contributed by atoms with Gasteiger partial charge in [-0.15, -0.1) is 5.10 Å². The van der Waals surface area contributed by atoms with Crippen LogP contribution in [0, 0.1) is 0 Å². The van der Waals surface area contributed by atoms with Gasteiger partial charge in [-0.25, -0.2) is 24.2 Å². The fourth-order valence-corrected chi connectivity index (χ4v) is 6.17. The Bertz CT molecular complexity index is 3810. The maximum absolute atomic E-state index is 11.6. The van der Waals surface area contributed by atoms with Crippen LogP contribution in [0.25, 0.3) is 44.1 Å².